The number of fused-ring (bicyclic) bond motifs is 3. The SMILES string of the molecule is COc1cc(F)cnc1N1CC2(C1)CN(c1nnc3n1-c1ccc(Cl)cc1CN(C1(C)CC(F)(F)C1)C3)C2. The minimum absolute atomic E-state index is 0.0814. The van der Waals surface area contributed by atoms with Gasteiger partial charge >= 0.3 is 0 Å². The van der Waals surface area contributed by atoms with Crippen molar-refractivity contribution in [1.82, 2.24) is 24.6 Å². The molecule has 0 radical (unpaired) electrons. The number of hydrogen-bond donors (Lipinski definition) is 0. The molecule has 0 amide bonds. The molecule has 7 rings (SSSR count). The average molecular weight is 546 g/mol. The molecule has 3 aromatic rings. The van der Waals surface area contributed by atoms with Gasteiger partial charge in [-0.2, -0.15) is 0 Å². The molecule has 1 aromatic carbocycles. The third-order valence-electron chi connectivity index (χ3n) is 8.44. The summed E-state index contributed by atoms with van der Waals surface area (Å²) in [4.78, 5) is 10.6. The molecule has 1 aliphatic carbocycles. The first-order valence-corrected chi connectivity index (χ1v) is 13.0. The Morgan fingerprint density at radius 3 is 2.45 bits per heavy atom. The molecule has 5 heterocycles. The molecule has 8 nitrogen and oxygen atoms in total. The lowest BCUT2D eigenvalue weighted by Gasteiger charge is -2.60. The molecule has 1 saturated carbocycles. The molecule has 0 N–H and O–H groups in total. The number of methoxy groups -OCH3 is 1. The Hall–Kier alpha value is -3.05. The molecule has 2 saturated heterocycles. The average Bonchev–Trinajstić information content (AvgIpc) is 3.11. The number of hydrogen-bond acceptors (Lipinski definition) is 7. The van der Waals surface area contributed by atoms with Gasteiger partial charge in [-0.25, -0.2) is 18.2 Å². The van der Waals surface area contributed by atoms with Gasteiger partial charge < -0.3 is 14.5 Å². The van der Waals surface area contributed by atoms with E-state index in [-0.39, 0.29) is 18.3 Å². The maximum absolute atomic E-state index is 13.9. The van der Waals surface area contributed by atoms with E-state index in [0.717, 1.165) is 49.2 Å². The quantitative estimate of drug-likeness (QED) is 0.484. The van der Waals surface area contributed by atoms with Crippen LogP contribution in [-0.4, -0.2) is 69.4 Å². The van der Waals surface area contributed by atoms with Crippen LogP contribution in [0.5, 0.6) is 5.75 Å². The van der Waals surface area contributed by atoms with Crippen LogP contribution in [0.1, 0.15) is 31.2 Å². The van der Waals surface area contributed by atoms with E-state index in [1.807, 2.05) is 25.1 Å². The molecule has 200 valence electrons. The number of benzene rings is 1. The zero-order valence-electron chi connectivity index (χ0n) is 21.1. The van der Waals surface area contributed by atoms with Gasteiger partial charge in [0.15, 0.2) is 17.4 Å². The minimum Gasteiger partial charge on any atom is -0.493 e. The number of halogens is 4. The van der Waals surface area contributed by atoms with Gasteiger partial charge in [0.1, 0.15) is 5.82 Å². The molecule has 1 spiro atoms. The van der Waals surface area contributed by atoms with Crippen molar-refractivity contribution in [1.29, 1.82) is 0 Å². The van der Waals surface area contributed by atoms with Crippen LogP contribution in [0.2, 0.25) is 5.02 Å². The lowest BCUT2D eigenvalue weighted by atomic mass is 9.73. The standard InChI is InChI=1S/C26H27ClF3N7O/c1-24(10-26(29,30)11-24)36-8-16-5-17(27)3-4-19(16)37-21(9-36)32-33-23(37)35-14-25(15-35)12-34(13-25)22-20(38-2)6-18(28)7-31-22/h3-7H,8-15H2,1-2H3. The monoisotopic (exact) mass is 545 g/mol. The van der Waals surface area contributed by atoms with E-state index < -0.39 is 17.3 Å². The fourth-order valence-corrected chi connectivity index (χ4v) is 6.87. The number of aromatic nitrogens is 4. The number of anilines is 2. The number of ether oxygens (including phenoxy) is 1. The molecular formula is C26H27ClF3N7O. The van der Waals surface area contributed by atoms with Crippen molar-refractivity contribution in [2.75, 3.05) is 43.1 Å². The molecular weight excluding hydrogens is 519 g/mol. The Balaban J connectivity index is 1.13. The third kappa shape index (κ3) is 3.65. The largest absolute Gasteiger partial charge is 0.493 e. The van der Waals surface area contributed by atoms with E-state index >= 15 is 0 Å². The van der Waals surface area contributed by atoms with Crippen LogP contribution in [-0.2, 0) is 13.1 Å². The van der Waals surface area contributed by atoms with Crippen LogP contribution < -0.4 is 14.5 Å². The van der Waals surface area contributed by atoms with Gasteiger partial charge in [0.25, 0.3) is 5.92 Å². The smallest absolute Gasteiger partial charge is 0.251 e. The van der Waals surface area contributed by atoms with Crippen LogP contribution in [0.4, 0.5) is 24.9 Å². The lowest BCUT2D eigenvalue weighted by molar-refractivity contribution is -0.173. The molecule has 3 aliphatic heterocycles. The zero-order valence-corrected chi connectivity index (χ0v) is 21.9. The molecule has 0 bridgehead atoms. The predicted octanol–water partition coefficient (Wildman–Crippen LogP) is 4.29. The van der Waals surface area contributed by atoms with Crippen molar-refractivity contribution in [3.8, 4) is 11.4 Å². The van der Waals surface area contributed by atoms with Crippen LogP contribution in [0.15, 0.2) is 30.5 Å². The summed E-state index contributed by atoms with van der Waals surface area (Å²) < 4.78 is 48.7. The van der Waals surface area contributed by atoms with E-state index in [0.29, 0.717) is 29.7 Å². The Morgan fingerprint density at radius 2 is 1.74 bits per heavy atom. The van der Waals surface area contributed by atoms with Gasteiger partial charge in [-0.1, -0.05) is 11.6 Å². The first kappa shape index (κ1) is 24.0. The van der Waals surface area contributed by atoms with E-state index in [1.54, 1.807) is 0 Å². The fourth-order valence-electron chi connectivity index (χ4n) is 6.68. The van der Waals surface area contributed by atoms with Gasteiger partial charge in [0.2, 0.25) is 5.95 Å². The summed E-state index contributed by atoms with van der Waals surface area (Å²) in [5.41, 5.74) is 1.36. The van der Waals surface area contributed by atoms with Crippen LogP contribution in [0.25, 0.3) is 5.69 Å². The van der Waals surface area contributed by atoms with Crippen molar-refractivity contribution < 1.29 is 17.9 Å². The number of pyridine rings is 1. The second kappa shape index (κ2) is 7.98. The summed E-state index contributed by atoms with van der Waals surface area (Å²) in [6.07, 6.45) is 0.866. The maximum Gasteiger partial charge on any atom is 0.251 e. The van der Waals surface area contributed by atoms with Gasteiger partial charge in [-0.15, -0.1) is 10.2 Å². The van der Waals surface area contributed by atoms with E-state index in [4.69, 9.17) is 16.3 Å². The molecule has 12 heteroatoms. The molecule has 3 fully saturated rings. The highest BCUT2D eigenvalue weighted by molar-refractivity contribution is 6.30. The number of alkyl halides is 2. The van der Waals surface area contributed by atoms with E-state index in [2.05, 4.69) is 34.4 Å². The van der Waals surface area contributed by atoms with Crippen molar-refractivity contribution >= 4 is 23.4 Å². The second-order valence-electron chi connectivity index (χ2n) is 11.5. The number of rotatable bonds is 4. The summed E-state index contributed by atoms with van der Waals surface area (Å²) >= 11 is 6.36. The molecule has 38 heavy (non-hydrogen) atoms. The van der Waals surface area contributed by atoms with Gasteiger partial charge in [0, 0.05) is 67.6 Å². The van der Waals surface area contributed by atoms with E-state index in [1.165, 1.54) is 19.4 Å². The second-order valence-corrected chi connectivity index (χ2v) is 11.9. The Morgan fingerprint density at radius 1 is 1.00 bits per heavy atom. The summed E-state index contributed by atoms with van der Waals surface area (Å²) in [5, 5.41) is 9.68. The van der Waals surface area contributed by atoms with Gasteiger partial charge in [-0.05, 0) is 30.7 Å². The molecule has 0 unspecified atom stereocenters. The Labute approximate surface area is 223 Å². The highest BCUT2D eigenvalue weighted by Crippen LogP contribution is 2.51. The topological polar surface area (TPSA) is 62.6 Å². The van der Waals surface area contributed by atoms with Crippen molar-refractivity contribution in [3.63, 3.8) is 0 Å². The van der Waals surface area contributed by atoms with Crippen molar-refractivity contribution in [3.05, 3.63) is 52.7 Å². The van der Waals surface area contributed by atoms with E-state index in [9.17, 15) is 13.2 Å². The normalized spacial score (nSPS) is 22.6. The van der Waals surface area contributed by atoms with Crippen LogP contribution in [0, 0.1) is 11.2 Å². The van der Waals surface area contributed by atoms with Crippen LogP contribution >= 0.6 is 11.6 Å². The molecule has 2 aromatic heterocycles. The first-order valence-electron chi connectivity index (χ1n) is 12.6. The lowest BCUT2D eigenvalue weighted by Crippen LogP contribution is -2.73. The van der Waals surface area contributed by atoms with Gasteiger partial charge in [-0.3, -0.25) is 9.47 Å². The van der Waals surface area contributed by atoms with Gasteiger partial charge in [0.05, 0.1) is 25.5 Å². The fraction of sp³-hybridized carbons (Fsp3) is 0.500. The zero-order chi connectivity index (χ0) is 26.4. The predicted molar refractivity (Wildman–Crippen MR) is 136 cm³/mol. The summed E-state index contributed by atoms with van der Waals surface area (Å²) in [5.74, 6) is -0.507. The third-order valence-corrected chi connectivity index (χ3v) is 8.67. The van der Waals surface area contributed by atoms with Crippen molar-refractivity contribution in [2.45, 2.75) is 44.3 Å². The Bertz CT molecular complexity index is 1420. The minimum atomic E-state index is -2.63. The summed E-state index contributed by atoms with van der Waals surface area (Å²) in [6.45, 7) is 5.99. The summed E-state index contributed by atoms with van der Waals surface area (Å²) in [7, 11) is 1.51. The first-order chi connectivity index (χ1) is 18.1. The molecule has 4 aliphatic rings. The summed E-state index contributed by atoms with van der Waals surface area (Å²) in [6, 6.07) is 7.06. The van der Waals surface area contributed by atoms with Crippen molar-refractivity contribution in [2.24, 2.45) is 5.41 Å². The molecule has 0 atom stereocenters. The maximum atomic E-state index is 13.9. The number of nitrogens with zero attached hydrogens (tertiary/aromatic N) is 7. The van der Waals surface area contributed by atoms with Crippen LogP contribution in [0.3, 0.4) is 0 Å². The Kier molecular flexibility index (Phi) is 5.05. The highest BCUT2D eigenvalue weighted by Gasteiger charge is 2.57. The highest BCUT2D eigenvalue weighted by atomic mass is 35.5.